The van der Waals surface area contributed by atoms with Gasteiger partial charge in [-0.1, -0.05) is 6.07 Å². The number of rotatable bonds is 3. The summed E-state index contributed by atoms with van der Waals surface area (Å²) in [5.74, 6) is -0.448. The molecule has 3 rings (SSSR count). The molecule has 0 bridgehead atoms. The number of anilines is 1. The van der Waals surface area contributed by atoms with Crippen LogP contribution in [0.1, 0.15) is 11.6 Å². The minimum Gasteiger partial charge on any atom is -0.504 e. The molecule has 3 N–H and O–H groups in total. The number of carbonyl (C=O) groups is 1. The number of fused-ring (bicyclic) bond motifs is 1. The highest BCUT2D eigenvalue weighted by atomic mass is 16.5. The maximum atomic E-state index is 11.2. The van der Waals surface area contributed by atoms with Crippen molar-refractivity contribution in [1.29, 1.82) is 0 Å². The van der Waals surface area contributed by atoms with Gasteiger partial charge in [0.05, 0.1) is 7.11 Å². The minimum absolute atomic E-state index is 0.0100. The topological polar surface area (TPSA) is 110 Å². The Balaban J connectivity index is 2.08. The summed E-state index contributed by atoms with van der Waals surface area (Å²) in [6.07, 6.45) is 2.84. The van der Waals surface area contributed by atoms with E-state index in [0.29, 0.717) is 17.3 Å². The number of ether oxygens (including phenoxy) is 1. The number of phenolic OH excluding ortho intramolecular Hbond substituents is 1. The molecule has 1 aromatic heterocycles. The van der Waals surface area contributed by atoms with Crippen LogP contribution in [0.3, 0.4) is 0 Å². The van der Waals surface area contributed by atoms with Gasteiger partial charge in [-0.25, -0.2) is 9.48 Å². The lowest BCUT2D eigenvalue weighted by molar-refractivity contribution is -0.132. The van der Waals surface area contributed by atoms with E-state index >= 15 is 0 Å². The fourth-order valence-electron chi connectivity index (χ4n) is 2.19. The number of hydrogen-bond acceptors (Lipinski definition) is 6. The van der Waals surface area contributed by atoms with Crippen molar-refractivity contribution in [2.24, 2.45) is 0 Å². The van der Waals surface area contributed by atoms with Crippen LogP contribution in [0.2, 0.25) is 0 Å². The van der Waals surface area contributed by atoms with E-state index in [1.54, 1.807) is 12.1 Å². The molecule has 0 saturated carbocycles. The molecule has 0 fully saturated rings. The van der Waals surface area contributed by atoms with E-state index in [4.69, 9.17) is 9.84 Å². The smallest absolute Gasteiger partial charge is 0.352 e. The second kappa shape index (κ2) is 4.82. The average molecular weight is 288 g/mol. The quantitative estimate of drug-likeness (QED) is 0.772. The van der Waals surface area contributed by atoms with Crippen LogP contribution in [0.15, 0.2) is 36.3 Å². The Morgan fingerprint density at radius 2 is 2.29 bits per heavy atom. The minimum atomic E-state index is -1.09. The molecule has 0 unspecified atom stereocenters. The zero-order chi connectivity index (χ0) is 15.0. The molecular formula is C13H12N4O4. The van der Waals surface area contributed by atoms with E-state index in [0.717, 1.165) is 0 Å². The van der Waals surface area contributed by atoms with Gasteiger partial charge < -0.3 is 20.3 Å². The number of nitrogens with one attached hydrogen (secondary N) is 1. The molecule has 1 aromatic carbocycles. The molecule has 1 aliphatic rings. The summed E-state index contributed by atoms with van der Waals surface area (Å²) < 4.78 is 6.53. The van der Waals surface area contributed by atoms with E-state index < -0.39 is 12.0 Å². The average Bonchev–Trinajstić information content (AvgIpc) is 2.94. The van der Waals surface area contributed by atoms with E-state index in [1.807, 2.05) is 0 Å². The number of benzene rings is 1. The normalized spacial score (nSPS) is 16.6. The van der Waals surface area contributed by atoms with E-state index in [9.17, 15) is 9.90 Å². The molecule has 0 aliphatic carbocycles. The van der Waals surface area contributed by atoms with Crippen molar-refractivity contribution in [3.63, 3.8) is 0 Å². The predicted octanol–water partition coefficient (Wildman–Crippen LogP) is 0.976. The second-order valence-electron chi connectivity index (χ2n) is 4.41. The summed E-state index contributed by atoms with van der Waals surface area (Å²) in [4.78, 5) is 15.1. The predicted molar refractivity (Wildman–Crippen MR) is 72.2 cm³/mol. The molecular weight excluding hydrogens is 276 g/mol. The van der Waals surface area contributed by atoms with Crippen LogP contribution in [-0.4, -0.2) is 38.1 Å². The maximum absolute atomic E-state index is 11.2. The van der Waals surface area contributed by atoms with Crippen LogP contribution in [-0.2, 0) is 4.79 Å². The second-order valence-corrected chi connectivity index (χ2v) is 4.41. The number of carboxylic acid groups (broad SMARTS) is 1. The standard InChI is InChI=1S/C13H12N4O4/c1-21-11-3-2-7(4-10(11)18)9-5-8(12(19)20)16-13-14-6-15-17(9)13/h2-6,9,18H,1H3,(H,19,20)(H,14,15,16)/t9-/m1/s1. The third-order valence-electron chi connectivity index (χ3n) is 3.18. The van der Waals surface area contributed by atoms with Crippen molar-refractivity contribution in [3.8, 4) is 11.5 Å². The molecule has 2 aromatic rings. The van der Waals surface area contributed by atoms with Crippen molar-refractivity contribution in [1.82, 2.24) is 14.8 Å². The first-order valence-electron chi connectivity index (χ1n) is 6.08. The largest absolute Gasteiger partial charge is 0.504 e. The molecule has 8 heteroatoms. The molecule has 1 atom stereocenters. The van der Waals surface area contributed by atoms with Crippen LogP contribution in [0.4, 0.5) is 5.95 Å². The number of carboxylic acids is 1. The molecule has 0 amide bonds. The number of allylic oxidation sites excluding steroid dienone is 1. The Labute approximate surface area is 119 Å². The maximum Gasteiger partial charge on any atom is 0.352 e. The van der Waals surface area contributed by atoms with Crippen LogP contribution < -0.4 is 10.1 Å². The molecule has 1 aliphatic heterocycles. The van der Waals surface area contributed by atoms with Gasteiger partial charge in [0.25, 0.3) is 0 Å². The number of methoxy groups -OCH3 is 1. The zero-order valence-electron chi connectivity index (χ0n) is 11.0. The summed E-state index contributed by atoms with van der Waals surface area (Å²) >= 11 is 0. The number of aromatic nitrogens is 3. The van der Waals surface area contributed by atoms with Gasteiger partial charge in [0, 0.05) is 0 Å². The van der Waals surface area contributed by atoms with Crippen molar-refractivity contribution in [2.45, 2.75) is 6.04 Å². The van der Waals surface area contributed by atoms with Gasteiger partial charge in [-0.05, 0) is 23.8 Å². The lowest BCUT2D eigenvalue weighted by atomic mass is 10.0. The van der Waals surface area contributed by atoms with E-state index in [-0.39, 0.29) is 11.4 Å². The van der Waals surface area contributed by atoms with Crippen molar-refractivity contribution < 1.29 is 19.7 Å². The van der Waals surface area contributed by atoms with Gasteiger partial charge >= 0.3 is 5.97 Å². The fourth-order valence-corrected chi connectivity index (χ4v) is 2.19. The third-order valence-corrected chi connectivity index (χ3v) is 3.18. The molecule has 21 heavy (non-hydrogen) atoms. The third kappa shape index (κ3) is 2.16. The van der Waals surface area contributed by atoms with Gasteiger partial charge in [0.1, 0.15) is 18.1 Å². The number of nitrogens with zero attached hydrogens (tertiary/aromatic N) is 3. The number of aliphatic carboxylic acids is 1. The van der Waals surface area contributed by atoms with Gasteiger partial charge in [-0.3, -0.25) is 0 Å². The highest BCUT2D eigenvalue weighted by Gasteiger charge is 2.26. The Bertz CT molecular complexity index is 738. The summed E-state index contributed by atoms with van der Waals surface area (Å²) in [5.41, 5.74) is 0.677. The number of aromatic hydroxyl groups is 1. The highest BCUT2D eigenvalue weighted by Crippen LogP contribution is 2.33. The zero-order valence-corrected chi connectivity index (χ0v) is 11.0. The summed E-state index contributed by atoms with van der Waals surface area (Å²) in [5, 5.41) is 25.8. The Hall–Kier alpha value is -3.03. The van der Waals surface area contributed by atoms with Crippen molar-refractivity contribution >= 4 is 11.9 Å². The Morgan fingerprint density at radius 3 is 2.95 bits per heavy atom. The van der Waals surface area contributed by atoms with Crippen LogP contribution >= 0.6 is 0 Å². The molecule has 108 valence electrons. The summed E-state index contributed by atoms with van der Waals surface area (Å²) in [6, 6.07) is 4.37. The van der Waals surface area contributed by atoms with E-state index in [1.165, 1.54) is 30.3 Å². The Morgan fingerprint density at radius 1 is 1.48 bits per heavy atom. The summed E-state index contributed by atoms with van der Waals surface area (Å²) in [6.45, 7) is 0. The van der Waals surface area contributed by atoms with E-state index in [2.05, 4.69) is 15.4 Å². The number of hydrogen-bond donors (Lipinski definition) is 3. The molecule has 2 heterocycles. The van der Waals surface area contributed by atoms with Crippen LogP contribution in [0.25, 0.3) is 0 Å². The molecule has 0 saturated heterocycles. The van der Waals surface area contributed by atoms with Crippen LogP contribution in [0, 0.1) is 0 Å². The van der Waals surface area contributed by atoms with Crippen molar-refractivity contribution in [2.75, 3.05) is 12.4 Å². The lowest BCUT2D eigenvalue weighted by Gasteiger charge is -2.22. The first-order valence-corrected chi connectivity index (χ1v) is 6.08. The first-order chi connectivity index (χ1) is 10.1. The van der Waals surface area contributed by atoms with Gasteiger partial charge in [0.2, 0.25) is 5.95 Å². The lowest BCUT2D eigenvalue weighted by Crippen LogP contribution is -2.24. The van der Waals surface area contributed by atoms with Gasteiger partial charge in [-0.2, -0.15) is 10.1 Å². The summed E-state index contributed by atoms with van der Waals surface area (Å²) in [7, 11) is 1.46. The Kier molecular flexibility index (Phi) is 2.98. The van der Waals surface area contributed by atoms with Gasteiger partial charge in [-0.15, -0.1) is 0 Å². The molecule has 0 radical (unpaired) electrons. The molecule has 8 nitrogen and oxygen atoms in total. The van der Waals surface area contributed by atoms with Crippen molar-refractivity contribution in [3.05, 3.63) is 41.9 Å². The highest BCUT2D eigenvalue weighted by molar-refractivity contribution is 5.90. The SMILES string of the molecule is COc1ccc([C@H]2C=C(C(=O)O)Nc3ncnn32)cc1O. The van der Waals surface area contributed by atoms with Gasteiger partial charge in [0.15, 0.2) is 11.5 Å². The number of phenols is 1. The first kappa shape index (κ1) is 13.0. The molecule has 0 spiro atoms. The monoisotopic (exact) mass is 288 g/mol. The fraction of sp³-hybridized carbons (Fsp3) is 0.154. The van der Waals surface area contributed by atoms with Crippen LogP contribution in [0.5, 0.6) is 11.5 Å².